The van der Waals surface area contributed by atoms with Gasteiger partial charge in [-0.05, 0) is 23.8 Å². The van der Waals surface area contributed by atoms with Gasteiger partial charge in [0.2, 0.25) is 0 Å². The maximum atomic E-state index is 12.4. The van der Waals surface area contributed by atoms with Gasteiger partial charge >= 0.3 is 0 Å². The summed E-state index contributed by atoms with van der Waals surface area (Å²) in [6.45, 7) is 0.375. The summed E-state index contributed by atoms with van der Waals surface area (Å²) in [6, 6.07) is 14.9. The molecule has 0 spiro atoms. The molecule has 0 atom stereocenters. The topological polar surface area (TPSA) is 49.4 Å². The molecule has 0 saturated carbocycles. The van der Waals surface area contributed by atoms with Crippen LogP contribution in [0, 0.1) is 0 Å². The van der Waals surface area contributed by atoms with Crippen molar-refractivity contribution < 1.29 is 9.59 Å². The maximum absolute atomic E-state index is 12.4. The van der Waals surface area contributed by atoms with Gasteiger partial charge in [-0.15, -0.1) is 11.3 Å². The van der Waals surface area contributed by atoms with Crippen LogP contribution in [0.1, 0.15) is 25.6 Å². The largest absolute Gasteiger partial charge is 0.347 e. The summed E-state index contributed by atoms with van der Waals surface area (Å²) in [5.41, 5.74) is 1.54. The minimum absolute atomic E-state index is 0.0485. The predicted octanol–water partition coefficient (Wildman–Crippen LogP) is 4.19. The molecule has 6 heteroatoms. The zero-order chi connectivity index (χ0) is 18.0. The lowest BCUT2D eigenvalue weighted by Crippen LogP contribution is -2.23. The molecule has 0 aliphatic rings. The van der Waals surface area contributed by atoms with E-state index in [1.54, 1.807) is 26.2 Å². The molecule has 0 aliphatic heterocycles. The van der Waals surface area contributed by atoms with E-state index in [9.17, 15) is 9.59 Å². The molecular weight excluding hydrogens is 356 g/mol. The molecule has 1 heterocycles. The van der Waals surface area contributed by atoms with Crippen LogP contribution in [0.2, 0.25) is 5.02 Å². The Morgan fingerprint density at radius 1 is 1.08 bits per heavy atom. The third kappa shape index (κ3) is 3.67. The van der Waals surface area contributed by atoms with Crippen molar-refractivity contribution in [2.24, 2.45) is 0 Å². The predicted molar refractivity (Wildman–Crippen MR) is 102 cm³/mol. The smallest absolute Gasteiger partial charge is 0.263 e. The number of thiophene rings is 1. The maximum Gasteiger partial charge on any atom is 0.263 e. The van der Waals surface area contributed by atoms with Crippen LogP contribution >= 0.6 is 22.9 Å². The fraction of sp³-hybridized carbons (Fsp3) is 0.158. The van der Waals surface area contributed by atoms with E-state index in [1.165, 1.54) is 16.2 Å². The second kappa shape index (κ2) is 7.25. The number of fused-ring (bicyclic) bond motifs is 1. The number of hydrogen-bond acceptors (Lipinski definition) is 3. The normalized spacial score (nSPS) is 10.7. The highest BCUT2D eigenvalue weighted by atomic mass is 35.5. The quantitative estimate of drug-likeness (QED) is 0.746. The van der Waals surface area contributed by atoms with E-state index < -0.39 is 0 Å². The third-order valence-electron chi connectivity index (χ3n) is 3.80. The van der Waals surface area contributed by atoms with Gasteiger partial charge in [0.1, 0.15) is 4.88 Å². The first kappa shape index (κ1) is 17.5. The third-order valence-corrected chi connectivity index (χ3v) is 5.48. The molecule has 128 valence electrons. The summed E-state index contributed by atoms with van der Waals surface area (Å²) in [4.78, 5) is 26.3. The van der Waals surface area contributed by atoms with E-state index in [2.05, 4.69) is 5.32 Å². The Bertz CT molecular complexity index is 932. The second-order valence-electron chi connectivity index (χ2n) is 5.82. The Morgan fingerprint density at radius 3 is 2.40 bits per heavy atom. The Labute approximate surface area is 155 Å². The number of halogens is 1. The van der Waals surface area contributed by atoms with E-state index in [0.29, 0.717) is 22.0 Å². The van der Waals surface area contributed by atoms with Gasteiger partial charge < -0.3 is 10.2 Å². The molecule has 0 aliphatic carbocycles. The summed E-state index contributed by atoms with van der Waals surface area (Å²) in [6.07, 6.45) is 0. The van der Waals surface area contributed by atoms with Crippen LogP contribution in [0.5, 0.6) is 0 Å². The summed E-state index contributed by atoms with van der Waals surface area (Å²) in [7, 11) is 3.43. The Balaban J connectivity index is 1.69. The molecule has 3 aromatic rings. The van der Waals surface area contributed by atoms with Crippen LogP contribution in [0.3, 0.4) is 0 Å². The van der Waals surface area contributed by atoms with E-state index in [1.807, 2.05) is 36.4 Å². The molecular formula is C19H17ClN2O2S. The Morgan fingerprint density at radius 2 is 1.76 bits per heavy atom. The molecule has 0 radical (unpaired) electrons. The minimum Gasteiger partial charge on any atom is -0.347 e. The van der Waals surface area contributed by atoms with Gasteiger partial charge in [0, 0.05) is 36.3 Å². The summed E-state index contributed by atoms with van der Waals surface area (Å²) in [5.74, 6) is -0.243. The lowest BCUT2D eigenvalue weighted by Gasteiger charge is -2.10. The average Bonchev–Trinajstić information content (AvgIpc) is 2.96. The SMILES string of the molecule is CN(C)C(=O)c1ccc(CNC(=O)c2sc3ccccc3c2Cl)cc1. The number of rotatable bonds is 4. The van der Waals surface area contributed by atoms with E-state index >= 15 is 0 Å². The highest BCUT2D eigenvalue weighted by molar-refractivity contribution is 7.21. The van der Waals surface area contributed by atoms with Crippen molar-refractivity contribution in [1.82, 2.24) is 10.2 Å². The monoisotopic (exact) mass is 372 g/mol. The van der Waals surface area contributed by atoms with Crippen molar-refractivity contribution >= 4 is 44.8 Å². The summed E-state index contributed by atoms with van der Waals surface area (Å²) >= 11 is 7.71. The molecule has 2 aromatic carbocycles. The van der Waals surface area contributed by atoms with Crippen molar-refractivity contribution in [1.29, 1.82) is 0 Å². The lowest BCUT2D eigenvalue weighted by molar-refractivity contribution is 0.0827. The Kier molecular flexibility index (Phi) is 5.06. The standard InChI is InChI=1S/C19H17ClN2O2S/c1-22(2)19(24)13-9-7-12(8-10-13)11-21-18(23)17-16(20)14-5-3-4-6-15(14)25-17/h3-10H,11H2,1-2H3,(H,21,23). The van der Waals surface area contributed by atoms with Crippen molar-refractivity contribution in [2.75, 3.05) is 14.1 Å². The molecule has 0 saturated heterocycles. The van der Waals surface area contributed by atoms with Crippen molar-refractivity contribution in [3.05, 3.63) is 69.6 Å². The van der Waals surface area contributed by atoms with Gasteiger partial charge in [-0.1, -0.05) is 41.9 Å². The highest BCUT2D eigenvalue weighted by Gasteiger charge is 2.16. The molecule has 0 unspecified atom stereocenters. The van der Waals surface area contributed by atoms with Crippen LogP contribution < -0.4 is 5.32 Å². The van der Waals surface area contributed by atoms with Crippen molar-refractivity contribution in [3.63, 3.8) is 0 Å². The average molecular weight is 373 g/mol. The first-order valence-electron chi connectivity index (χ1n) is 7.73. The van der Waals surface area contributed by atoms with Gasteiger partial charge in [0.25, 0.3) is 11.8 Å². The first-order valence-corrected chi connectivity index (χ1v) is 8.92. The molecule has 3 rings (SSSR count). The van der Waals surface area contributed by atoms with Crippen molar-refractivity contribution in [2.45, 2.75) is 6.54 Å². The number of nitrogens with zero attached hydrogens (tertiary/aromatic N) is 1. The van der Waals surface area contributed by atoms with Gasteiger partial charge in [0.05, 0.1) is 5.02 Å². The number of hydrogen-bond donors (Lipinski definition) is 1. The van der Waals surface area contributed by atoms with E-state index in [-0.39, 0.29) is 11.8 Å². The molecule has 4 nitrogen and oxygen atoms in total. The highest BCUT2D eigenvalue weighted by Crippen LogP contribution is 2.34. The van der Waals surface area contributed by atoms with Crippen LogP contribution in [0.15, 0.2) is 48.5 Å². The van der Waals surface area contributed by atoms with E-state index in [4.69, 9.17) is 11.6 Å². The fourth-order valence-electron chi connectivity index (χ4n) is 2.45. The van der Waals surface area contributed by atoms with Crippen LogP contribution in [-0.4, -0.2) is 30.8 Å². The first-order chi connectivity index (χ1) is 12.0. The van der Waals surface area contributed by atoms with Gasteiger partial charge in [0.15, 0.2) is 0 Å². The van der Waals surface area contributed by atoms with Gasteiger partial charge in [-0.2, -0.15) is 0 Å². The summed E-state index contributed by atoms with van der Waals surface area (Å²) in [5, 5.41) is 4.27. The van der Waals surface area contributed by atoms with Crippen LogP contribution in [0.25, 0.3) is 10.1 Å². The zero-order valence-corrected chi connectivity index (χ0v) is 15.4. The number of benzene rings is 2. The van der Waals surface area contributed by atoms with Crippen LogP contribution in [0.4, 0.5) is 0 Å². The van der Waals surface area contributed by atoms with Crippen LogP contribution in [-0.2, 0) is 6.54 Å². The summed E-state index contributed by atoms with van der Waals surface area (Å²) < 4.78 is 0.990. The molecule has 1 aromatic heterocycles. The molecule has 0 bridgehead atoms. The number of carbonyl (C=O) groups excluding carboxylic acids is 2. The van der Waals surface area contributed by atoms with Gasteiger partial charge in [-0.3, -0.25) is 9.59 Å². The second-order valence-corrected chi connectivity index (χ2v) is 7.25. The Hall–Kier alpha value is -2.37. The molecule has 1 N–H and O–H groups in total. The lowest BCUT2D eigenvalue weighted by atomic mass is 10.1. The molecule has 25 heavy (non-hydrogen) atoms. The molecule has 2 amide bonds. The number of nitrogens with one attached hydrogen (secondary N) is 1. The zero-order valence-electron chi connectivity index (χ0n) is 13.9. The van der Waals surface area contributed by atoms with Crippen molar-refractivity contribution in [3.8, 4) is 0 Å². The minimum atomic E-state index is -0.195. The fourth-order valence-corrected chi connectivity index (χ4v) is 3.88. The van der Waals surface area contributed by atoms with E-state index in [0.717, 1.165) is 15.6 Å². The molecule has 0 fully saturated rings. The number of carbonyl (C=O) groups is 2. The van der Waals surface area contributed by atoms with Gasteiger partial charge in [-0.25, -0.2) is 0 Å². The number of amides is 2.